The smallest absolute Gasteiger partial charge is 0.264 e. The predicted octanol–water partition coefficient (Wildman–Crippen LogP) is 4.56. The van der Waals surface area contributed by atoms with Crippen LogP contribution >= 0.6 is 0 Å². The molecule has 0 saturated carbocycles. The lowest BCUT2D eigenvalue weighted by molar-refractivity contribution is -0.128. The molecule has 184 valence electrons. The molecule has 0 spiro atoms. The van der Waals surface area contributed by atoms with Crippen molar-refractivity contribution in [3.05, 3.63) is 84.4 Å². The summed E-state index contributed by atoms with van der Waals surface area (Å²) in [6.07, 6.45) is -0.288. The van der Waals surface area contributed by atoms with Crippen LogP contribution in [0, 0.1) is 5.92 Å². The quantitative estimate of drug-likeness (QED) is 0.496. The fourth-order valence-electron chi connectivity index (χ4n) is 4.14. The van der Waals surface area contributed by atoms with Gasteiger partial charge in [-0.15, -0.1) is 0 Å². The molecule has 1 aliphatic heterocycles. The van der Waals surface area contributed by atoms with E-state index in [2.05, 4.69) is 19.2 Å². The summed E-state index contributed by atoms with van der Waals surface area (Å²) in [5.74, 6) is 1.04. The molecule has 4 rings (SSSR count). The van der Waals surface area contributed by atoms with Gasteiger partial charge < -0.3 is 14.8 Å². The second kappa shape index (κ2) is 10.4. The Labute approximate surface area is 206 Å². The zero-order valence-electron chi connectivity index (χ0n) is 20.0. The van der Waals surface area contributed by atoms with Gasteiger partial charge in [-0.25, -0.2) is 8.42 Å². The number of ether oxygens (including phenoxy) is 2. The Bertz CT molecular complexity index is 1260. The maximum Gasteiger partial charge on any atom is 0.264 e. The monoisotopic (exact) mass is 494 g/mol. The maximum atomic E-state index is 13.5. The second-order valence-corrected chi connectivity index (χ2v) is 10.7. The Kier molecular flexibility index (Phi) is 7.31. The summed E-state index contributed by atoms with van der Waals surface area (Å²) in [7, 11) is -2.28. The van der Waals surface area contributed by atoms with Crippen LogP contribution in [0.3, 0.4) is 0 Å². The number of fused-ring (bicyclic) bond motifs is 1. The van der Waals surface area contributed by atoms with Crippen LogP contribution in [0.5, 0.6) is 11.5 Å². The first-order chi connectivity index (χ1) is 16.8. The molecule has 0 radical (unpaired) electrons. The van der Waals surface area contributed by atoms with Crippen LogP contribution in [0.2, 0.25) is 0 Å². The molecule has 2 atom stereocenters. The van der Waals surface area contributed by atoms with Crippen molar-refractivity contribution in [3.63, 3.8) is 0 Å². The number of hydrogen-bond donors (Lipinski definition) is 1. The summed E-state index contributed by atoms with van der Waals surface area (Å²) >= 11 is 0. The van der Waals surface area contributed by atoms with Gasteiger partial charge in [0.05, 0.1) is 30.3 Å². The van der Waals surface area contributed by atoms with Crippen molar-refractivity contribution in [2.24, 2.45) is 5.92 Å². The third-order valence-electron chi connectivity index (χ3n) is 5.90. The molecule has 7 nitrogen and oxygen atoms in total. The van der Waals surface area contributed by atoms with E-state index in [1.807, 2.05) is 24.3 Å². The molecule has 1 amide bonds. The summed E-state index contributed by atoms with van der Waals surface area (Å²) < 4.78 is 39.5. The molecule has 0 aromatic heterocycles. The first-order valence-electron chi connectivity index (χ1n) is 11.6. The number of benzene rings is 3. The van der Waals surface area contributed by atoms with Crippen molar-refractivity contribution in [2.75, 3.05) is 18.0 Å². The Hall–Kier alpha value is -3.52. The number of rotatable bonds is 8. The lowest BCUT2D eigenvalue weighted by Gasteiger charge is -2.35. The molecule has 0 unspecified atom stereocenters. The number of anilines is 1. The molecule has 0 fully saturated rings. The number of amides is 1. The molecule has 0 bridgehead atoms. The van der Waals surface area contributed by atoms with E-state index in [9.17, 15) is 13.2 Å². The predicted molar refractivity (Wildman–Crippen MR) is 135 cm³/mol. The van der Waals surface area contributed by atoms with E-state index < -0.39 is 16.1 Å². The van der Waals surface area contributed by atoms with Crippen LogP contribution in [-0.2, 0) is 14.8 Å². The Morgan fingerprint density at radius 3 is 2.34 bits per heavy atom. The van der Waals surface area contributed by atoms with E-state index in [0.29, 0.717) is 23.8 Å². The Balaban J connectivity index is 1.62. The van der Waals surface area contributed by atoms with Crippen LogP contribution in [-0.4, -0.2) is 34.1 Å². The van der Waals surface area contributed by atoms with Crippen LogP contribution in [0.4, 0.5) is 5.69 Å². The third kappa shape index (κ3) is 5.43. The Morgan fingerprint density at radius 2 is 1.69 bits per heavy atom. The third-order valence-corrected chi connectivity index (χ3v) is 7.69. The summed E-state index contributed by atoms with van der Waals surface area (Å²) in [4.78, 5) is 13.6. The van der Waals surface area contributed by atoms with E-state index in [4.69, 9.17) is 9.47 Å². The van der Waals surface area contributed by atoms with Gasteiger partial charge in [0.2, 0.25) is 0 Å². The molecule has 0 aliphatic carbocycles. The highest BCUT2D eigenvalue weighted by Crippen LogP contribution is 2.37. The normalized spacial score (nSPS) is 16.2. The summed E-state index contributed by atoms with van der Waals surface area (Å²) in [6.45, 7) is 4.05. The summed E-state index contributed by atoms with van der Waals surface area (Å²) in [5, 5.41) is 3.09. The van der Waals surface area contributed by atoms with Gasteiger partial charge in [0.1, 0.15) is 11.5 Å². The number of methoxy groups -OCH3 is 1. The summed E-state index contributed by atoms with van der Waals surface area (Å²) in [5.41, 5.74) is 1.35. The molecular weight excluding hydrogens is 464 g/mol. The first kappa shape index (κ1) is 24.6. The van der Waals surface area contributed by atoms with E-state index >= 15 is 0 Å². The maximum absolute atomic E-state index is 13.5. The minimum Gasteiger partial charge on any atom is -0.497 e. The highest BCUT2D eigenvalue weighted by atomic mass is 32.2. The number of sulfonamides is 1. The number of nitrogens with one attached hydrogen (secondary N) is 1. The van der Waals surface area contributed by atoms with Crippen LogP contribution in [0.25, 0.3) is 0 Å². The van der Waals surface area contributed by atoms with Gasteiger partial charge in [-0.05, 0) is 54.3 Å². The average molecular weight is 495 g/mol. The average Bonchev–Trinajstić information content (AvgIpc) is 2.87. The van der Waals surface area contributed by atoms with Gasteiger partial charge in [-0.1, -0.05) is 56.3 Å². The summed E-state index contributed by atoms with van der Waals surface area (Å²) in [6, 6.07) is 22.4. The van der Waals surface area contributed by atoms with Crippen molar-refractivity contribution >= 4 is 21.6 Å². The highest BCUT2D eigenvalue weighted by Gasteiger charge is 2.38. The van der Waals surface area contributed by atoms with Gasteiger partial charge in [-0.2, -0.15) is 0 Å². The van der Waals surface area contributed by atoms with Gasteiger partial charge in [0.15, 0.2) is 6.10 Å². The van der Waals surface area contributed by atoms with E-state index in [0.717, 1.165) is 11.3 Å². The van der Waals surface area contributed by atoms with Crippen LogP contribution in [0.15, 0.2) is 83.8 Å². The minimum atomic E-state index is -3.89. The topological polar surface area (TPSA) is 84.9 Å². The van der Waals surface area contributed by atoms with E-state index in [1.165, 1.54) is 4.31 Å². The fourth-order valence-corrected chi connectivity index (χ4v) is 5.63. The first-order valence-corrected chi connectivity index (χ1v) is 13.0. The molecule has 1 N–H and O–H groups in total. The zero-order chi connectivity index (χ0) is 25.0. The number of nitrogens with zero attached hydrogens (tertiary/aromatic N) is 1. The van der Waals surface area contributed by atoms with E-state index in [-0.39, 0.29) is 23.4 Å². The van der Waals surface area contributed by atoms with Crippen LogP contribution < -0.4 is 19.1 Å². The SMILES string of the molecule is COc1ccc([C@@H](CC(C)C)NC(=O)[C@@H]2CN(S(=O)(=O)c3ccccc3)c3ccccc3O2)cc1. The largest absolute Gasteiger partial charge is 0.497 e. The number of carbonyl (C=O) groups is 1. The van der Waals surface area contributed by atoms with Crippen molar-refractivity contribution in [1.82, 2.24) is 5.32 Å². The lowest BCUT2D eigenvalue weighted by atomic mass is 9.96. The molecule has 0 saturated heterocycles. The second-order valence-electron chi connectivity index (χ2n) is 8.89. The number of hydrogen-bond acceptors (Lipinski definition) is 5. The van der Waals surface area contributed by atoms with Crippen molar-refractivity contribution < 1.29 is 22.7 Å². The molecule has 1 heterocycles. The molecule has 3 aromatic carbocycles. The van der Waals surface area contributed by atoms with Crippen molar-refractivity contribution in [3.8, 4) is 11.5 Å². The Morgan fingerprint density at radius 1 is 1.03 bits per heavy atom. The molecule has 3 aromatic rings. The molecule has 8 heteroatoms. The minimum absolute atomic E-state index is 0.128. The zero-order valence-corrected chi connectivity index (χ0v) is 20.9. The van der Waals surface area contributed by atoms with Gasteiger partial charge in [-0.3, -0.25) is 9.10 Å². The van der Waals surface area contributed by atoms with Crippen molar-refractivity contribution in [2.45, 2.75) is 37.3 Å². The highest BCUT2D eigenvalue weighted by molar-refractivity contribution is 7.92. The standard InChI is InChI=1S/C27H30N2O5S/c1-19(2)17-23(20-13-15-21(33-3)16-14-20)28-27(30)26-18-29(24-11-7-8-12-25(24)34-26)35(31,32)22-9-5-4-6-10-22/h4-16,19,23,26H,17-18H2,1-3H3,(H,28,30)/t23-,26+/m1/s1. The number of para-hydroxylation sites is 2. The van der Waals surface area contributed by atoms with Crippen LogP contribution in [0.1, 0.15) is 31.9 Å². The lowest BCUT2D eigenvalue weighted by Crippen LogP contribution is -2.51. The molecular formula is C27H30N2O5S. The molecule has 35 heavy (non-hydrogen) atoms. The molecule has 1 aliphatic rings. The van der Waals surface area contributed by atoms with Crippen molar-refractivity contribution in [1.29, 1.82) is 0 Å². The fraction of sp³-hybridized carbons (Fsp3) is 0.296. The number of carbonyl (C=O) groups excluding carboxylic acids is 1. The van der Waals surface area contributed by atoms with Gasteiger partial charge >= 0.3 is 0 Å². The van der Waals surface area contributed by atoms with E-state index in [1.54, 1.807) is 61.7 Å². The van der Waals surface area contributed by atoms with Gasteiger partial charge in [0, 0.05) is 0 Å². The van der Waals surface area contributed by atoms with Gasteiger partial charge in [0.25, 0.3) is 15.9 Å².